The van der Waals surface area contributed by atoms with Crippen LogP contribution in [0.5, 0.6) is 11.5 Å². The van der Waals surface area contributed by atoms with Crippen LogP contribution in [-0.4, -0.2) is 24.2 Å². The number of aliphatic hydroxyl groups is 1. The van der Waals surface area contributed by atoms with Gasteiger partial charge in [0.15, 0.2) is 0 Å². The van der Waals surface area contributed by atoms with Crippen LogP contribution in [0, 0.1) is 5.92 Å². The van der Waals surface area contributed by atoms with Gasteiger partial charge in [-0.1, -0.05) is 36.4 Å². The molecule has 2 N–H and O–H groups in total. The largest absolute Gasteiger partial charge is 0.457 e. The first kappa shape index (κ1) is 17.8. The third-order valence-electron chi connectivity index (χ3n) is 4.87. The summed E-state index contributed by atoms with van der Waals surface area (Å²) in [7, 11) is 0. The molecule has 1 aromatic heterocycles. The van der Waals surface area contributed by atoms with Gasteiger partial charge in [-0.15, -0.1) is 0 Å². The Hall–Kier alpha value is -2.63. The maximum atomic E-state index is 13.1. The summed E-state index contributed by atoms with van der Waals surface area (Å²) in [5.41, 5.74) is 2.93. The number of thiophene rings is 1. The van der Waals surface area contributed by atoms with E-state index in [0.717, 1.165) is 17.5 Å². The molecule has 0 saturated heterocycles. The first-order valence-electron chi connectivity index (χ1n) is 9.01. The van der Waals surface area contributed by atoms with Gasteiger partial charge in [-0.2, -0.15) is 11.3 Å². The van der Waals surface area contributed by atoms with Crippen LogP contribution in [0.4, 0.5) is 0 Å². The Labute approximate surface area is 162 Å². The maximum absolute atomic E-state index is 13.1. The molecule has 2 aromatic carbocycles. The van der Waals surface area contributed by atoms with Gasteiger partial charge in [-0.05, 0) is 40.9 Å². The quantitative estimate of drug-likeness (QED) is 0.682. The van der Waals surface area contributed by atoms with E-state index in [9.17, 15) is 9.90 Å². The van der Waals surface area contributed by atoms with Crippen LogP contribution in [0.25, 0.3) is 0 Å². The number of amides is 1. The minimum Gasteiger partial charge on any atom is -0.457 e. The second-order valence-electron chi connectivity index (χ2n) is 6.74. The second kappa shape index (κ2) is 7.94. The van der Waals surface area contributed by atoms with Gasteiger partial charge in [-0.3, -0.25) is 4.79 Å². The molecule has 3 aromatic rings. The molecule has 2 heterocycles. The van der Waals surface area contributed by atoms with Crippen molar-refractivity contribution in [2.75, 3.05) is 13.2 Å². The standard InChI is InChI=1S/C22H21NO3S/c24-13-16(11-15-9-10-27-14-15)12-23-22(25)21-17-5-1-3-7-19(17)26-20-8-4-2-6-18(20)21/h1-10,14,16,21,24H,11-13H2,(H,23,25)/t16-/m0/s1. The molecule has 0 unspecified atom stereocenters. The number of fused-ring (bicyclic) bond motifs is 2. The molecule has 4 rings (SSSR count). The van der Waals surface area contributed by atoms with Crippen LogP contribution in [0.3, 0.4) is 0 Å². The lowest BCUT2D eigenvalue weighted by atomic mass is 9.87. The molecule has 0 fully saturated rings. The summed E-state index contributed by atoms with van der Waals surface area (Å²) in [5, 5.41) is 16.8. The molecule has 5 heteroatoms. The third kappa shape index (κ3) is 3.75. The lowest BCUT2D eigenvalue weighted by Gasteiger charge is -2.28. The van der Waals surface area contributed by atoms with Crippen molar-refractivity contribution < 1.29 is 14.6 Å². The minimum atomic E-state index is -0.411. The zero-order valence-corrected chi connectivity index (χ0v) is 15.6. The van der Waals surface area contributed by atoms with Crippen LogP contribution in [0.2, 0.25) is 0 Å². The van der Waals surface area contributed by atoms with E-state index < -0.39 is 5.92 Å². The highest BCUT2D eigenvalue weighted by Gasteiger charge is 2.32. The van der Waals surface area contributed by atoms with E-state index in [1.54, 1.807) is 11.3 Å². The predicted molar refractivity (Wildman–Crippen MR) is 106 cm³/mol. The normalized spacial score (nSPS) is 14.0. The summed E-state index contributed by atoms with van der Waals surface area (Å²) >= 11 is 1.64. The summed E-state index contributed by atoms with van der Waals surface area (Å²) in [5.74, 6) is 0.948. The summed E-state index contributed by atoms with van der Waals surface area (Å²) in [6, 6.07) is 17.4. The number of benzene rings is 2. The summed E-state index contributed by atoms with van der Waals surface area (Å²) in [6.07, 6.45) is 0.751. The predicted octanol–water partition coefficient (Wildman–Crippen LogP) is 3.95. The van der Waals surface area contributed by atoms with Crippen LogP contribution in [0.15, 0.2) is 65.4 Å². The minimum absolute atomic E-state index is 0.00567. The van der Waals surface area contributed by atoms with Crippen LogP contribution in [-0.2, 0) is 11.2 Å². The number of hydrogen-bond acceptors (Lipinski definition) is 4. The highest BCUT2D eigenvalue weighted by molar-refractivity contribution is 7.07. The number of nitrogens with one attached hydrogen (secondary N) is 1. The van der Waals surface area contributed by atoms with Gasteiger partial charge in [0, 0.05) is 30.2 Å². The molecule has 1 aliphatic rings. The molecule has 0 spiro atoms. The lowest BCUT2D eigenvalue weighted by molar-refractivity contribution is -0.122. The van der Waals surface area contributed by atoms with Gasteiger partial charge in [0.05, 0.1) is 5.92 Å². The smallest absolute Gasteiger partial charge is 0.232 e. The van der Waals surface area contributed by atoms with E-state index >= 15 is 0 Å². The maximum Gasteiger partial charge on any atom is 0.232 e. The molecule has 1 amide bonds. The van der Waals surface area contributed by atoms with Crippen molar-refractivity contribution in [1.82, 2.24) is 5.32 Å². The van der Waals surface area contributed by atoms with Crippen molar-refractivity contribution in [3.8, 4) is 11.5 Å². The number of rotatable bonds is 6. The summed E-state index contributed by atoms with van der Waals surface area (Å²) in [4.78, 5) is 13.1. The molecule has 138 valence electrons. The van der Waals surface area contributed by atoms with E-state index in [1.807, 2.05) is 53.9 Å². The number of carbonyl (C=O) groups is 1. The van der Waals surface area contributed by atoms with Crippen LogP contribution < -0.4 is 10.1 Å². The van der Waals surface area contributed by atoms with Gasteiger partial charge >= 0.3 is 0 Å². The fourth-order valence-electron chi connectivity index (χ4n) is 3.48. The first-order chi connectivity index (χ1) is 13.3. The molecule has 0 saturated carbocycles. The average Bonchev–Trinajstić information content (AvgIpc) is 3.22. The molecule has 0 radical (unpaired) electrons. The van der Waals surface area contributed by atoms with Crippen molar-refractivity contribution >= 4 is 17.2 Å². The fraction of sp³-hybridized carbons (Fsp3) is 0.227. The molecule has 27 heavy (non-hydrogen) atoms. The van der Waals surface area contributed by atoms with E-state index in [1.165, 1.54) is 5.56 Å². The third-order valence-corrected chi connectivity index (χ3v) is 5.60. The highest BCUT2D eigenvalue weighted by Crippen LogP contribution is 2.43. The molecule has 0 aliphatic carbocycles. The second-order valence-corrected chi connectivity index (χ2v) is 7.52. The van der Waals surface area contributed by atoms with Crippen molar-refractivity contribution in [2.24, 2.45) is 5.92 Å². The number of aliphatic hydroxyl groups excluding tert-OH is 1. The van der Waals surface area contributed by atoms with Gasteiger partial charge in [0.25, 0.3) is 0 Å². The monoisotopic (exact) mass is 379 g/mol. The Balaban J connectivity index is 1.53. The van der Waals surface area contributed by atoms with E-state index in [4.69, 9.17) is 4.74 Å². The SMILES string of the molecule is O=C(NC[C@@H](CO)Cc1ccsc1)C1c2ccccc2Oc2ccccc21. The van der Waals surface area contributed by atoms with Gasteiger partial charge in [-0.25, -0.2) is 0 Å². The van der Waals surface area contributed by atoms with Crippen molar-refractivity contribution in [3.63, 3.8) is 0 Å². The number of para-hydroxylation sites is 2. The van der Waals surface area contributed by atoms with E-state index in [0.29, 0.717) is 18.0 Å². The summed E-state index contributed by atoms with van der Waals surface area (Å²) in [6.45, 7) is 0.476. The Morgan fingerprint density at radius 2 is 1.74 bits per heavy atom. The van der Waals surface area contributed by atoms with Gasteiger partial charge < -0.3 is 15.2 Å². The summed E-state index contributed by atoms with van der Waals surface area (Å²) < 4.78 is 5.96. The van der Waals surface area contributed by atoms with Crippen molar-refractivity contribution in [3.05, 3.63) is 82.0 Å². The van der Waals surface area contributed by atoms with Crippen molar-refractivity contribution in [2.45, 2.75) is 12.3 Å². The van der Waals surface area contributed by atoms with E-state index in [2.05, 4.69) is 16.8 Å². The Morgan fingerprint density at radius 3 is 2.33 bits per heavy atom. The Morgan fingerprint density at radius 1 is 1.07 bits per heavy atom. The Bertz CT molecular complexity index is 877. The number of carbonyl (C=O) groups excluding carboxylic acids is 1. The topological polar surface area (TPSA) is 58.6 Å². The zero-order valence-electron chi connectivity index (χ0n) is 14.8. The molecular weight excluding hydrogens is 358 g/mol. The first-order valence-corrected chi connectivity index (χ1v) is 9.96. The lowest BCUT2D eigenvalue weighted by Crippen LogP contribution is -2.36. The molecule has 1 atom stereocenters. The average molecular weight is 379 g/mol. The van der Waals surface area contributed by atoms with Gasteiger partial charge in [0.2, 0.25) is 5.91 Å². The number of ether oxygens (including phenoxy) is 1. The fourth-order valence-corrected chi connectivity index (χ4v) is 4.16. The van der Waals surface area contributed by atoms with E-state index in [-0.39, 0.29) is 18.4 Å². The van der Waals surface area contributed by atoms with Gasteiger partial charge in [0.1, 0.15) is 11.5 Å². The highest BCUT2D eigenvalue weighted by atomic mass is 32.1. The zero-order chi connectivity index (χ0) is 18.6. The number of hydrogen-bond donors (Lipinski definition) is 2. The van der Waals surface area contributed by atoms with Crippen LogP contribution in [0.1, 0.15) is 22.6 Å². The Kier molecular flexibility index (Phi) is 5.23. The molecular formula is C22H21NO3S. The van der Waals surface area contributed by atoms with Crippen molar-refractivity contribution in [1.29, 1.82) is 0 Å². The van der Waals surface area contributed by atoms with Crippen LogP contribution >= 0.6 is 11.3 Å². The molecule has 0 bridgehead atoms. The molecule has 1 aliphatic heterocycles. The molecule has 4 nitrogen and oxygen atoms in total.